The van der Waals surface area contributed by atoms with Crippen molar-refractivity contribution in [1.82, 2.24) is 10.3 Å². The van der Waals surface area contributed by atoms with E-state index in [1.54, 1.807) is 0 Å². The van der Waals surface area contributed by atoms with Crippen LogP contribution in [-0.2, 0) is 6.54 Å². The van der Waals surface area contributed by atoms with Crippen LogP contribution >= 0.6 is 0 Å². The van der Waals surface area contributed by atoms with Gasteiger partial charge in [0.2, 0.25) is 0 Å². The van der Waals surface area contributed by atoms with Gasteiger partial charge in [-0.15, -0.1) is 0 Å². The third-order valence-electron chi connectivity index (χ3n) is 3.13. The number of aryl methyl sites for hydroxylation is 2. The van der Waals surface area contributed by atoms with E-state index < -0.39 is 0 Å². The van der Waals surface area contributed by atoms with Gasteiger partial charge in [-0.3, -0.25) is 4.98 Å². The van der Waals surface area contributed by atoms with Gasteiger partial charge in [0.05, 0.1) is 0 Å². The molecule has 0 aliphatic heterocycles. The first kappa shape index (κ1) is 12.8. The second-order valence-corrected chi connectivity index (χ2v) is 4.82. The van der Waals surface area contributed by atoms with Crippen LogP contribution in [0.15, 0.2) is 42.6 Å². The minimum atomic E-state index is 0.353. The topological polar surface area (TPSA) is 24.9 Å². The fraction of sp³-hybridized carbons (Fsp3) is 0.312. The fourth-order valence-electron chi connectivity index (χ4n) is 1.93. The van der Waals surface area contributed by atoms with E-state index in [-0.39, 0.29) is 0 Å². The van der Waals surface area contributed by atoms with Crippen LogP contribution in [-0.4, -0.2) is 4.98 Å². The Morgan fingerprint density at radius 3 is 2.67 bits per heavy atom. The number of pyridine rings is 1. The molecule has 0 amide bonds. The molecule has 1 N–H and O–H groups in total. The fourth-order valence-corrected chi connectivity index (χ4v) is 1.93. The molecule has 2 nitrogen and oxygen atoms in total. The predicted molar refractivity (Wildman–Crippen MR) is 75.4 cm³/mol. The average molecular weight is 240 g/mol. The van der Waals surface area contributed by atoms with E-state index in [4.69, 9.17) is 0 Å². The van der Waals surface area contributed by atoms with E-state index in [0.29, 0.717) is 6.04 Å². The maximum absolute atomic E-state index is 4.30. The van der Waals surface area contributed by atoms with Crippen LogP contribution in [0.2, 0.25) is 0 Å². The van der Waals surface area contributed by atoms with Gasteiger partial charge in [-0.1, -0.05) is 35.9 Å². The van der Waals surface area contributed by atoms with Gasteiger partial charge in [0.15, 0.2) is 0 Å². The summed E-state index contributed by atoms with van der Waals surface area (Å²) in [6.07, 6.45) is 1.94. The molecule has 0 saturated carbocycles. The molecule has 2 aromatic rings. The molecular weight excluding hydrogens is 220 g/mol. The van der Waals surface area contributed by atoms with Gasteiger partial charge in [0.25, 0.3) is 0 Å². The molecular formula is C16H20N2. The molecule has 0 bridgehead atoms. The lowest BCUT2D eigenvalue weighted by atomic mass is 10.1. The van der Waals surface area contributed by atoms with Gasteiger partial charge in [-0.05, 0) is 38.0 Å². The Balaban J connectivity index is 1.96. The SMILES string of the molecule is Cc1cccc([C@@H](C)NCc2ccc(C)nc2)c1. The summed E-state index contributed by atoms with van der Waals surface area (Å²) in [6, 6.07) is 13.2. The molecule has 0 unspecified atom stereocenters. The van der Waals surface area contributed by atoms with Crippen molar-refractivity contribution < 1.29 is 0 Å². The second-order valence-electron chi connectivity index (χ2n) is 4.82. The zero-order chi connectivity index (χ0) is 13.0. The summed E-state index contributed by atoms with van der Waals surface area (Å²) < 4.78 is 0. The molecule has 0 fully saturated rings. The van der Waals surface area contributed by atoms with E-state index in [2.05, 4.69) is 54.5 Å². The molecule has 0 saturated heterocycles. The molecule has 0 aliphatic rings. The van der Waals surface area contributed by atoms with E-state index in [9.17, 15) is 0 Å². The summed E-state index contributed by atoms with van der Waals surface area (Å²) in [5.74, 6) is 0. The number of hydrogen-bond acceptors (Lipinski definition) is 2. The number of hydrogen-bond donors (Lipinski definition) is 1. The second kappa shape index (κ2) is 5.78. The zero-order valence-electron chi connectivity index (χ0n) is 11.3. The number of benzene rings is 1. The van der Waals surface area contributed by atoms with E-state index in [1.165, 1.54) is 16.7 Å². The predicted octanol–water partition coefficient (Wildman–Crippen LogP) is 3.55. The Hall–Kier alpha value is -1.67. The molecule has 1 heterocycles. The molecule has 2 heteroatoms. The quantitative estimate of drug-likeness (QED) is 0.884. The van der Waals surface area contributed by atoms with Gasteiger partial charge in [0, 0.05) is 24.5 Å². The van der Waals surface area contributed by atoms with Gasteiger partial charge in [0.1, 0.15) is 0 Å². The lowest BCUT2D eigenvalue weighted by Crippen LogP contribution is -2.18. The standard InChI is InChI=1S/C16H20N2/c1-12-5-4-6-16(9-12)14(3)18-11-15-8-7-13(2)17-10-15/h4-10,14,18H,11H2,1-3H3/t14-/m1/s1. The zero-order valence-corrected chi connectivity index (χ0v) is 11.3. The van der Waals surface area contributed by atoms with Gasteiger partial charge in [-0.2, -0.15) is 0 Å². The van der Waals surface area contributed by atoms with Crippen LogP contribution in [0.5, 0.6) is 0 Å². The van der Waals surface area contributed by atoms with Crippen molar-refractivity contribution in [3.05, 3.63) is 65.0 Å². The first-order valence-corrected chi connectivity index (χ1v) is 6.36. The summed E-state index contributed by atoms with van der Waals surface area (Å²) in [5, 5.41) is 3.52. The van der Waals surface area contributed by atoms with Crippen LogP contribution in [0, 0.1) is 13.8 Å². The molecule has 0 aliphatic carbocycles. The molecule has 0 spiro atoms. The summed E-state index contributed by atoms with van der Waals surface area (Å²) in [5.41, 5.74) is 4.92. The van der Waals surface area contributed by atoms with Crippen molar-refractivity contribution in [3.8, 4) is 0 Å². The molecule has 94 valence electrons. The van der Waals surface area contributed by atoms with E-state index >= 15 is 0 Å². The molecule has 1 aromatic heterocycles. The van der Waals surface area contributed by atoms with Crippen molar-refractivity contribution in [2.75, 3.05) is 0 Å². The highest BCUT2D eigenvalue weighted by atomic mass is 14.9. The first-order chi connectivity index (χ1) is 8.65. The number of nitrogens with zero attached hydrogens (tertiary/aromatic N) is 1. The Kier molecular flexibility index (Phi) is 4.11. The van der Waals surface area contributed by atoms with E-state index in [0.717, 1.165) is 12.2 Å². The maximum atomic E-state index is 4.30. The minimum absolute atomic E-state index is 0.353. The van der Waals surface area contributed by atoms with Crippen molar-refractivity contribution in [2.24, 2.45) is 0 Å². The third kappa shape index (κ3) is 3.41. The van der Waals surface area contributed by atoms with Gasteiger partial charge in [-0.25, -0.2) is 0 Å². The highest BCUT2D eigenvalue weighted by Crippen LogP contribution is 2.14. The largest absolute Gasteiger partial charge is 0.306 e. The summed E-state index contributed by atoms with van der Waals surface area (Å²) in [4.78, 5) is 4.30. The van der Waals surface area contributed by atoms with Gasteiger partial charge >= 0.3 is 0 Å². The average Bonchev–Trinajstić information content (AvgIpc) is 2.38. The number of rotatable bonds is 4. The summed E-state index contributed by atoms with van der Waals surface area (Å²) in [6.45, 7) is 7.17. The number of nitrogens with one attached hydrogen (secondary N) is 1. The van der Waals surface area contributed by atoms with Crippen molar-refractivity contribution in [2.45, 2.75) is 33.4 Å². The van der Waals surface area contributed by atoms with Crippen LogP contribution in [0.1, 0.15) is 35.3 Å². The first-order valence-electron chi connectivity index (χ1n) is 6.36. The highest BCUT2D eigenvalue weighted by molar-refractivity contribution is 5.24. The van der Waals surface area contributed by atoms with Crippen molar-refractivity contribution in [1.29, 1.82) is 0 Å². The summed E-state index contributed by atoms with van der Waals surface area (Å²) >= 11 is 0. The maximum Gasteiger partial charge on any atom is 0.0372 e. The normalized spacial score (nSPS) is 12.4. The van der Waals surface area contributed by atoms with E-state index in [1.807, 2.05) is 19.2 Å². The highest BCUT2D eigenvalue weighted by Gasteiger charge is 2.04. The van der Waals surface area contributed by atoms with Crippen LogP contribution in [0.4, 0.5) is 0 Å². The Bertz CT molecular complexity index is 503. The molecule has 1 atom stereocenters. The summed E-state index contributed by atoms with van der Waals surface area (Å²) in [7, 11) is 0. The molecule has 1 aromatic carbocycles. The van der Waals surface area contributed by atoms with Gasteiger partial charge < -0.3 is 5.32 Å². The van der Waals surface area contributed by atoms with Crippen LogP contribution in [0.3, 0.4) is 0 Å². The Labute approximate surface area is 109 Å². The molecule has 18 heavy (non-hydrogen) atoms. The smallest absolute Gasteiger partial charge is 0.0372 e. The monoisotopic (exact) mass is 240 g/mol. The number of aromatic nitrogens is 1. The Morgan fingerprint density at radius 2 is 2.00 bits per heavy atom. The minimum Gasteiger partial charge on any atom is -0.306 e. The van der Waals surface area contributed by atoms with Crippen molar-refractivity contribution in [3.63, 3.8) is 0 Å². The third-order valence-corrected chi connectivity index (χ3v) is 3.13. The molecule has 0 radical (unpaired) electrons. The lowest BCUT2D eigenvalue weighted by Gasteiger charge is -2.14. The van der Waals surface area contributed by atoms with Crippen molar-refractivity contribution >= 4 is 0 Å². The van der Waals surface area contributed by atoms with Crippen LogP contribution in [0.25, 0.3) is 0 Å². The lowest BCUT2D eigenvalue weighted by molar-refractivity contribution is 0.573. The molecule has 2 rings (SSSR count). The Morgan fingerprint density at radius 1 is 1.17 bits per heavy atom. The van der Waals surface area contributed by atoms with Crippen LogP contribution < -0.4 is 5.32 Å².